The summed E-state index contributed by atoms with van der Waals surface area (Å²) in [5.41, 5.74) is 2.32. The molecule has 3 atom stereocenters. The van der Waals surface area contributed by atoms with Crippen LogP contribution in [0.5, 0.6) is 5.88 Å². The first-order valence-corrected chi connectivity index (χ1v) is 10.2. The van der Waals surface area contributed by atoms with Crippen molar-refractivity contribution in [2.45, 2.75) is 18.9 Å². The smallest absolute Gasteiger partial charge is 0.233 e. The first-order chi connectivity index (χ1) is 15.0. The number of rotatable bonds is 5. The molecular formula is C21H22N8O2. The second-order valence-corrected chi connectivity index (χ2v) is 8.58. The summed E-state index contributed by atoms with van der Waals surface area (Å²) in [5, 5.41) is 4.20. The van der Waals surface area contributed by atoms with Crippen LogP contribution in [0.3, 0.4) is 0 Å². The number of nitrogens with one attached hydrogen (secondary N) is 2. The van der Waals surface area contributed by atoms with Crippen molar-refractivity contribution in [3.8, 4) is 17.0 Å². The number of amides is 1. The highest BCUT2D eigenvalue weighted by molar-refractivity contribution is 5.97. The van der Waals surface area contributed by atoms with Gasteiger partial charge in [-0.05, 0) is 18.8 Å². The van der Waals surface area contributed by atoms with Gasteiger partial charge >= 0.3 is 0 Å². The lowest BCUT2D eigenvalue weighted by Gasteiger charge is -2.35. The largest absolute Gasteiger partial charge is 0.480 e. The summed E-state index contributed by atoms with van der Waals surface area (Å²) in [6, 6.07) is 0.202. The van der Waals surface area contributed by atoms with E-state index in [-0.39, 0.29) is 17.4 Å². The third-order valence-electron chi connectivity index (χ3n) is 6.60. The molecule has 6 rings (SSSR count). The molecular weight excluding hydrogens is 396 g/mol. The maximum atomic E-state index is 12.4. The van der Waals surface area contributed by atoms with Crippen LogP contribution in [-0.4, -0.2) is 67.4 Å². The molecule has 0 bridgehead atoms. The number of ether oxygens (including phenoxy) is 1. The number of aromatic amines is 1. The fourth-order valence-corrected chi connectivity index (χ4v) is 4.96. The number of nitrogens with zero attached hydrogens (tertiary/aromatic N) is 6. The molecule has 0 saturated heterocycles. The van der Waals surface area contributed by atoms with Gasteiger partial charge in [-0.2, -0.15) is 9.97 Å². The number of hydrogen-bond donors (Lipinski definition) is 2. The zero-order chi connectivity index (χ0) is 21.3. The number of methoxy groups -OCH3 is 1. The van der Waals surface area contributed by atoms with E-state index in [4.69, 9.17) is 4.74 Å². The first-order valence-electron chi connectivity index (χ1n) is 10.2. The molecule has 158 valence electrons. The van der Waals surface area contributed by atoms with Crippen LogP contribution in [-0.2, 0) is 4.79 Å². The molecule has 0 spiro atoms. The molecule has 1 amide bonds. The Labute approximate surface area is 177 Å². The topological polar surface area (TPSA) is 113 Å². The predicted octanol–water partition coefficient (Wildman–Crippen LogP) is 1.95. The Morgan fingerprint density at radius 2 is 2.19 bits per heavy atom. The molecule has 10 nitrogen and oxygen atoms in total. The zero-order valence-corrected chi connectivity index (χ0v) is 17.5. The highest BCUT2D eigenvalue weighted by atomic mass is 16.5. The van der Waals surface area contributed by atoms with Crippen LogP contribution in [0, 0.1) is 11.3 Å². The molecule has 4 aromatic rings. The number of aromatic nitrogens is 6. The van der Waals surface area contributed by atoms with E-state index < -0.39 is 0 Å². The quantitative estimate of drug-likeness (QED) is 0.509. The number of imidazole rings is 1. The first kappa shape index (κ1) is 18.1. The minimum Gasteiger partial charge on any atom is -0.480 e. The highest BCUT2D eigenvalue weighted by Crippen LogP contribution is 2.68. The Morgan fingerprint density at radius 1 is 1.32 bits per heavy atom. The summed E-state index contributed by atoms with van der Waals surface area (Å²) in [6.45, 7) is 0. The summed E-state index contributed by atoms with van der Waals surface area (Å²) >= 11 is 0. The van der Waals surface area contributed by atoms with Crippen molar-refractivity contribution in [3.63, 3.8) is 0 Å². The van der Waals surface area contributed by atoms with Crippen molar-refractivity contribution in [1.29, 1.82) is 0 Å². The minimum absolute atomic E-state index is 0.173. The van der Waals surface area contributed by atoms with E-state index in [1.807, 2.05) is 37.1 Å². The van der Waals surface area contributed by atoms with Crippen LogP contribution in [0.4, 0.5) is 5.95 Å². The van der Waals surface area contributed by atoms with Gasteiger partial charge in [0.1, 0.15) is 5.65 Å². The number of hydrogen-bond acceptors (Lipinski definition) is 7. The van der Waals surface area contributed by atoms with Gasteiger partial charge < -0.3 is 19.9 Å². The molecule has 2 N–H and O–H groups in total. The third-order valence-corrected chi connectivity index (χ3v) is 6.60. The summed E-state index contributed by atoms with van der Waals surface area (Å²) in [5.74, 6) is 2.20. The van der Waals surface area contributed by atoms with Crippen molar-refractivity contribution in [3.05, 3.63) is 31.0 Å². The minimum atomic E-state index is -0.173. The van der Waals surface area contributed by atoms with Gasteiger partial charge in [-0.1, -0.05) is 0 Å². The molecule has 2 aliphatic carbocycles. The van der Waals surface area contributed by atoms with Crippen molar-refractivity contribution in [1.82, 2.24) is 34.2 Å². The Balaban J connectivity index is 1.30. The number of fused-ring (bicyclic) bond motifs is 3. The summed E-state index contributed by atoms with van der Waals surface area (Å²) in [7, 11) is 5.24. The molecule has 1 unspecified atom stereocenters. The van der Waals surface area contributed by atoms with Gasteiger partial charge in [0.15, 0.2) is 0 Å². The van der Waals surface area contributed by atoms with Crippen LogP contribution in [0.25, 0.3) is 27.9 Å². The Hall–Kier alpha value is -3.69. The molecule has 2 aliphatic rings. The number of carbonyl (C=O) groups excluding carboxylic acids is 1. The maximum absolute atomic E-state index is 12.4. The van der Waals surface area contributed by atoms with Crippen LogP contribution in [0.1, 0.15) is 12.8 Å². The standard InChI is InChI=1S/C21H22N8O2/c1-28(2)18(30)21-6-13(21)14(7-21)25-19-26-16-15(17(27-19)31-3)12(9-23-16)11-8-24-20-22-4-5-29(20)10-11/h4-5,8-10,13-14H,6-7H2,1-3H3,(H2,23,25,26,27)/t13?,14-,21+/m0/s1. The molecule has 0 aromatic carbocycles. The van der Waals surface area contributed by atoms with Crippen LogP contribution >= 0.6 is 0 Å². The normalized spacial score (nSPS) is 24.0. The van der Waals surface area contributed by atoms with Crippen molar-refractivity contribution < 1.29 is 9.53 Å². The Morgan fingerprint density at radius 3 is 2.97 bits per heavy atom. The third kappa shape index (κ3) is 2.54. The zero-order valence-electron chi connectivity index (χ0n) is 17.5. The van der Waals surface area contributed by atoms with Crippen LogP contribution in [0.15, 0.2) is 31.0 Å². The van der Waals surface area contributed by atoms with E-state index in [2.05, 4.69) is 30.2 Å². The van der Waals surface area contributed by atoms with E-state index in [1.54, 1.807) is 24.4 Å². The van der Waals surface area contributed by atoms with Gasteiger partial charge in [-0.3, -0.25) is 9.20 Å². The van der Waals surface area contributed by atoms with E-state index >= 15 is 0 Å². The van der Waals surface area contributed by atoms with Crippen LogP contribution in [0.2, 0.25) is 0 Å². The fourth-order valence-electron chi connectivity index (χ4n) is 4.96. The summed E-state index contributed by atoms with van der Waals surface area (Å²) < 4.78 is 7.48. The Kier molecular flexibility index (Phi) is 3.60. The lowest BCUT2D eigenvalue weighted by atomic mass is 9.79. The molecule has 0 radical (unpaired) electrons. The Bertz CT molecular complexity index is 1340. The van der Waals surface area contributed by atoms with Crippen molar-refractivity contribution in [2.75, 3.05) is 26.5 Å². The molecule has 4 aromatic heterocycles. The van der Waals surface area contributed by atoms with E-state index in [9.17, 15) is 4.79 Å². The van der Waals surface area contributed by atoms with E-state index in [1.165, 1.54) is 0 Å². The molecule has 2 fully saturated rings. The van der Waals surface area contributed by atoms with Gasteiger partial charge in [0, 0.05) is 62.2 Å². The second-order valence-electron chi connectivity index (χ2n) is 8.58. The molecule has 10 heteroatoms. The molecule has 31 heavy (non-hydrogen) atoms. The van der Waals surface area contributed by atoms with Gasteiger partial charge in [0.05, 0.1) is 17.9 Å². The SMILES string of the molecule is COc1nc(N[C@H]2C[C@]3(C(=O)N(C)C)CC23)nc2[nH]cc(-c3cnc4nccn4c3)c12. The number of carbonyl (C=O) groups is 1. The van der Waals surface area contributed by atoms with Crippen molar-refractivity contribution in [2.24, 2.45) is 11.3 Å². The number of H-pyrrole nitrogens is 1. The number of anilines is 1. The monoisotopic (exact) mass is 418 g/mol. The molecule has 0 aliphatic heterocycles. The van der Waals surface area contributed by atoms with Gasteiger partial charge in [-0.15, -0.1) is 0 Å². The average molecular weight is 418 g/mol. The summed E-state index contributed by atoms with van der Waals surface area (Å²) in [6.07, 6.45) is 10.9. The average Bonchev–Trinajstić information content (AvgIpc) is 3.10. The van der Waals surface area contributed by atoms with Gasteiger partial charge in [0.2, 0.25) is 23.5 Å². The molecule has 4 heterocycles. The lowest BCUT2D eigenvalue weighted by Crippen LogP contribution is -2.46. The van der Waals surface area contributed by atoms with Crippen molar-refractivity contribution >= 4 is 28.7 Å². The molecule has 2 saturated carbocycles. The van der Waals surface area contributed by atoms with E-state index in [0.717, 1.165) is 29.4 Å². The van der Waals surface area contributed by atoms with E-state index in [0.29, 0.717) is 29.2 Å². The van der Waals surface area contributed by atoms with Crippen LogP contribution < -0.4 is 10.1 Å². The maximum Gasteiger partial charge on any atom is 0.233 e. The predicted molar refractivity (Wildman–Crippen MR) is 114 cm³/mol. The second kappa shape index (κ2) is 6.16. The lowest BCUT2D eigenvalue weighted by molar-refractivity contribution is -0.137. The summed E-state index contributed by atoms with van der Waals surface area (Å²) in [4.78, 5) is 35.2. The van der Waals surface area contributed by atoms with Gasteiger partial charge in [-0.25, -0.2) is 9.97 Å². The highest BCUT2D eigenvalue weighted by Gasteiger charge is 2.72. The fraction of sp³-hybridized carbons (Fsp3) is 0.381. The van der Waals surface area contributed by atoms with Gasteiger partial charge in [0.25, 0.3) is 0 Å².